The molecule has 0 spiro atoms. The van der Waals surface area contributed by atoms with Crippen LogP contribution in [0.4, 0.5) is 9.59 Å². The zero-order valence-electron chi connectivity index (χ0n) is 17.1. The monoisotopic (exact) mass is 421 g/mol. The molecule has 3 amide bonds. The maximum Gasteiger partial charge on any atom is 0.407 e. The predicted octanol–water partition coefficient (Wildman–Crippen LogP) is -0.105. The number of unbranched alkanes of at least 4 members (excludes halogenated alkanes) is 2. The summed E-state index contributed by atoms with van der Waals surface area (Å²) < 4.78 is 15.7. The third-order valence-electron chi connectivity index (χ3n) is 3.69. The number of carbonyl (C=O) groups excluding carboxylic acids is 3. The lowest BCUT2D eigenvalue weighted by atomic mass is 10.3. The van der Waals surface area contributed by atoms with Crippen molar-refractivity contribution in [2.45, 2.75) is 44.6 Å². The van der Waals surface area contributed by atoms with E-state index in [1.54, 1.807) is 7.05 Å². The summed E-state index contributed by atoms with van der Waals surface area (Å²) in [5.41, 5.74) is 0. The predicted molar refractivity (Wildman–Crippen MR) is 104 cm³/mol. The number of carbonyl (C=O) groups is 3. The van der Waals surface area contributed by atoms with Gasteiger partial charge in [-0.15, -0.1) is 0 Å². The van der Waals surface area contributed by atoms with Crippen LogP contribution in [0.25, 0.3) is 0 Å². The van der Waals surface area contributed by atoms with E-state index in [1.165, 1.54) is 0 Å². The lowest BCUT2D eigenvalue weighted by Gasteiger charge is -2.18. The van der Waals surface area contributed by atoms with E-state index in [9.17, 15) is 14.4 Å². The van der Waals surface area contributed by atoms with E-state index < -0.39 is 18.3 Å². The molecule has 0 aromatic carbocycles. The van der Waals surface area contributed by atoms with Crippen molar-refractivity contribution in [3.8, 4) is 0 Å². The lowest BCUT2D eigenvalue weighted by molar-refractivity contribution is -0.121. The zero-order chi connectivity index (χ0) is 21.7. The number of ether oxygens (including phenoxy) is 3. The van der Waals surface area contributed by atoms with Crippen molar-refractivity contribution < 1.29 is 38.8 Å². The molecule has 11 nitrogen and oxygen atoms in total. The summed E-state index contributed by atoms with van der Waals surface area (Å²) in [6, 6.07) is 0. The van der Waals surface area contributed by atoms with Crippen LogP contribution in [0.5, 0.6) is 0 Å². The lowest BCUT2D eigenvalue weighted by Crippen LogP contribution is -2.35. The van der Waals surface area contributed by atoms with Gasteiger partial charge in [0.25, 0.3) is 0 Å². The first-order chi connectivity index (χ1) is 14.0. The van der Waals surface area contributed by atoms with E-state index in [0.717, 1.165) is 0 Å². The minimum absolute atomic E-state index is 0.0576. The summed E-state index contributed by atoms with van der Waals surface area (Å²) in [7, 11) is 1.55. The van der Waals surface area contributed by atoms with Crippen LogP contribution in [0.2, 0.25) is 0 Å². The van der Waals surface area contributed by atoms with Gasteiger partial charge >= 0.3 is 12.2 Å². The Bertz CT molecular complexity index is 423. The molecule has 0 radical (unpaired) electrons. The van der Waals surface area contributed by atoms with E-state index in [4.69, 9.17) is 24.4 Å². The Morgan fingerprint density at radius 2 is 1.34 bits per heavy atom. The van der Waals surface area contributed by atoms with Crippen molar-refractivity contribution in [2.24, 2.45) is 0 Å². The zero-order valence-corrected chi connectivity index (χ0v) is 17.1. The second-order valence-electron chi connectivity index (χ2n) is 6.18. The molecular formula is C18H35N3O8. The SMILES string of the molecule is CNC(=O)CCCOC(COC(=O)NCCCCO)COC(=O)NCCCCO. The molecular weight excluding hydrogens is 386 g/mol. The molecule has 11 heteroatoms. The van der Waals surface area contributed by atoms with Crippen LogP contribution in [0, 0.1) is 0 Å². The van der Waals surface area contributed by atoms with E-state index in [-0.39, 0.29) is 38.9 Å². The van der Waals surface area contributed by atoms with Gasteiger partial charge in [0, 0.05) is 46.4 Å². The van der Waals surface area contributed by atoms with Gasteiger partial charge in [-0.1, -0.05) is 0 Å². The normalized spacial score (nSPS) is 10.5. The molecule has 0 aliphatic rings. The number of aliphatic hydroxyl groups excluding tert-OH is 2. The molecule has 170 valence electrons. The maximum atomic E-state index is 11.7. The third-order valence-corrected chi connectivity index (χ3v) is 3.69. The average molecular weight is 421 g/mol. The van der Waals surface area contributed by atoms with Crippen molar-refractivity contribution in [3.63, 3.8) is 0 Å². The summed E-state index contributed by atoms with van der Waals surface area (Å²) in [4.78, 5) is 34.6. The molecule has 0 saturated heterocycles. The summed E-state index contributed by atoms with van der Waals surface area (Å²) in [5.74, 6) is -0.109. The minimum Gasteiger partial charge on any atom is -0.447 e. The van der Waals surface area contributed by atoms with Gasteiger partial charge in [0.15, 0.2) is 0 Å². The first-order valence-corrected chi connectivity index (χ1v) is 9.88. The molecule has 0 heterocycles. The van der Waals surface area contributed by atoms with Crippen LogP contribution in [0.1, 0.15) is 38.5 Å². The minimum atomic E-state index is -0.675. The standard InChI is InChI=1S/C18H35N3O8/c1-19-16(24)7-6-12-27-15(13-28-17(25)20-8-2-4-10-22)14-29-18(26)21-9-3-5-11-23/h15,22-23H,2-14H2,1H3,(H,19,24)(H,20,25)(H,21,26). The Morgan fingerprint density at radius 3 is 1.79 bits per heavy atom. The fourth-order valence-electron chi connectivity index (χ4n) is 2.05. The first kappa shape index (κ1) is 26.9. The van der Waals surface area contributed by atoms with Crippen molar-refractivity contribution in [2.75, 3.05) is 53.2 Å². The average Bonchev–Trinajstić information content (AvgIpc) is 2.72. The van der Waals surface area contributed by atoms with Crippen molar-refractivity contribution in [1.82, 2.24) is 16.0 Å². The molecule has 0 aliphatic carbocycles. The molecule has 29 heavy (non-hydrogen) atoms. The largest absolute Gasteiger partial charge is 0.447 e. The van der Waals surface area contributed by atoms with Crippen LogP contribution in [0.15, 0.2) is 0 Å². The third kappa shape index (κ3) is 17.7. The van der Waals surface area contributed by atoms with Crippen molar-refractivity contribution >= 4 is 18.1 Å². The summed E-state index contributed by atoms with van der Waals surface area (Å²) in [6.45, 7) is 0.867. The highest BCUT2D eigenvalue weighted by molar-refractivity contribution is 5.75. The van der Waals surface area contributed by atoms with E-state index in [1.807, 2.05) is 0 Å². The number of hydrogen-bond donors (Lipinski definition) is 5. The molecule has 0 unspecified atom stereocenters. The Kier molecular flexibility index (Phi) is 17.8. The fourth-order valence-corrected chi connectivity index (χ4v) is 2.05. The molecule has 0 aromatic heterocycles. The summed E-state index contributed by atoms with van der Waals surface area (Å²) >= 11 is 0. The highest BCUT2D eigenvalue weighted by Gasteiger charge is 2.16. The smallest absolute Gasteiger partial charge is 0.407 e. The first-order valence-electron chi connectivity index (χ1n) is 9.88. The number of alkyl carbamates (subject to hydrolysis) is 2. The molecule has 0 aliphatic heterocycles. The molecule has 0 saturated carbocycles. The van der Waals surface area contributed by atoms with Crippen LogP contribution in [-0.4, -0.2) is 87.6 Å². The van der Waals surface area contributed by atoms with Gasteiger partial charge in [-0.2, -0.15) is 0 Å². The van der Waals surface area contributed by atoms with E-state index in [2.05, 4.69) is 16.0 Å². The second-order valence-corrected chi connectivity index (χ2v) is 6.18. The van der Waals surface area contributed by atoms with Gasteiger partial charge in [0.1, 0.15) is 19.3 Å². The van der Waals surface area contributed by atoms with Crippen LogP contribution >= 0.6 is 0 Å². The van der Waals surface area contributed by atoms with Crippen molar-refractivity contribution in [1.29, 1.82) is 0 Å². The van der Waals surface area contributed by atoms with Gasteiger partial charge in [0.05, 0.1) is 0 Å². The van der Waals surface area contributed by atoms with Gasteiger partial charge < -0.3 is 40.4 Å². The Hall–Kier alpha value is -2.11. The Morgan fingerprint density at radius 1 is 0.828 bits per heavy atom. The highest BCUT2D eigenvalue weighted by Crippen LogP contribution is 2.00. The van der Waals surface area contributed by atoms with E-state index >= 15 is 0 Å². The maximum absolute atomic E-state index is 11.7. The molecule has 0 aromatic rings. The van der Waals surface area contributed by atoms with Gasteiger partial charge in [-0.25, -0.2) is 9.59 Å². The molecule has 0 fully saturated rings. The van der Waals surface area contributed by atoms with Crippen LogP contribution < -0.4 is 16.0 Å². The molecule has 0 rings (SSSR count). The molecule has 5 N–H and O–H groups in total. The van der Waals surface area contributed by atoms with Crippen molar-refractivity contribution in [3.05, 3.63) is 0 Å². The number of rotatable bonds is 17. The molecule has 0 bridgehead atoms. The van der Waals surface area contributed by atoms with Gasteiger partial charge in [-0.05, 0) is 32.1 Å². The number of aliphatic hydroxyl groups is 2. The Balaban J connectivity index is 4.24. The highest BCUT2D eigenvalue weighted by atomic mass is 16.6. The van der Waals surface area contributed by atoms with Gasteiger partial charge in [0.2, 0.25) is 5.91 Å². The van der Waals surface area contributed by atoms with Crippen LogP contribution in [0.3, 0.4) is 0 Å². The summed E-state index contributed by atoms with van der Waals surface area (Å²) in [6.07, 6.45) is 1.25. The summed E-state index contributed by atoms with van der Waals surface area (Å²) in [5, 5.41) is 25.0. The Labute approximate surface area is 171 Å². The van der Waals surface area contributed by atoms with Gasteiger partial charge in [-0.3, -0.25) is 4.79 Å². The quantitative estimate of drug-likeness (QED) is 0.204. The van der Waals surface area contributed by atoms with E-state index in [0.29, 0.717) is 51.6 Å². The van der Waals surface area contributed by atoms with Crippen LogP contribution in [-0.2, 0) is 19.0 Å². The topological polar surface area (TPSA) is 155 Å². The number of nitrogens with one attached hydrogen (secondary N) is 3. The number of hydrogen-bond acceptors (Lipinski definition) is 8. The number of amides is 3. The fraction of sp³-hybridized carbons (Fsp3) is 0.833. The second kappa shape index (κ2) is 19.2. The molecule has 0 atom stereocenters.